The number of hydrogen-bond acceptors (Lipinski definition) is 3. The highest BCUT2D eigenvalue weighted by molar-refractivity contribution is 4.72. The fourth-order valence-corrected chi connectivity index (χ4v) is 1.66. The van der Waals surface area contributed by atoms with Crippen LogP contribution >= 0.6 is 0 Å². The smallest absolute Gasteiger partial charge is 0.0591 e. The average Bonchev–Trinajstić information content (AvgIpc) is 2.93. The van der Waals surface area contributed by atoms with Crippen LogP contribution in [0.5, 0.6) is 0 Å². The molecule has 0 aromatic carbocycles. The van der Waals surface area contributed by atoms with Gasteiger partial charge in [0.15, 0.2) is 0 Å². The van der Waals surface area contributed by atoms with E-state index in [1.807, 2.05) is 0 Å². The zero-order chi connectivity index (χ0) is 11.1. The van der Waals surface area contributed by atoms with Crippen LogP contribution in [-0.2, 0) is 4.74 Å². The molecular weight excluding hydrogens is 188 g/mol. The summed E-state index contributed by atoms with van der Waals surface area (Å²) in [6.45, 7) is 8.03. The minimum Gasteiger partial charge on any atom is -0.380 e. The standard InChI is InChI=1S/C12H26N2O/c1-10(2)7-12(13)8-14-5-6-15-9-11-3-4-11/h10-12,14H,3-9,13H2,1-2H3. The first-order valence-electron chi connectivity index (χ1n) is 6.22. The van der Waals surface area contributed by atoms with Crippen LogP contribution < -0.4 is 11.1 Å². The normalized spacial score (nSPS) is 18.4. The molecule has 1 aliphatic carbocycles. The highest BCUT2D eigenvalue weighted by atomic mass is 16.5. The van der Waals surface area contributed by atoms with Gasteiger partial charge in [0.2, 0.25) is 0 Å². The summed E-state index contributed by atoms with van der Waals surface area (Å²) in [5.74, 6) is 1.56. The predicted octanol–water partition coefficient (Wildman–Crippen LogP) is 1.38. The first-order chi connectivity index (χ1) is 7.18. The van der Waals surface area contributed by atoms with Gasteiger partial charge in [0.1, 0.15) is 0 Å². The molecule has 1 atom stereocenters. The molecule has 1 unspecified atom stereocenters. The Kier molecular flexibility index (Phi) is 6.22. The van der Waals surface area contributed by atoms with E-state index in [1.54, 1.807) is 0 Å². The van der Waals surface area contributed by atoms with Crippen molar-refractivity contribution in [1.29, 1.82) is 0 Å². The molecule has 15 heavy (non-hydrogen) atoms. The molecule has 90 valence electrons. The van der Waals surface area contributed by atoms with Crippen molar-refractivity contribution in [2.45, 2.75) is 39.2 Å². The summed E-state index contributed by atoms with van der Waals surface area (Å²) >= 11 is 0. The lowest BCUT2D eigenvalue weighted by molar-refractivity contribution is 0.126. The first kappa shape index (κ1) is 12.9. The second-order valence-corrected chi connectivity index (χ2v) is 5.11. The van der Waals surface area contributed by atoms with Gasteiger partial charge in [-0.25, -0.2) is 0 Å². The monoisotopic (exact) mass is 214 g/mol. The predicted molar refractivity (Wildman–Crippen MR) is 63.8 cm³/mol. The molecule has 3 heteroatoms. The van der Waals surface area contributed by atoms with E-state index < -0.39 is 0 Å². The van der Waals surface area contributed by atoms with Gasteiger partial charge in [0.05, 0.1) is 6.61 Å². The van der Waals surface area contributed by atoms with Crippen molar-refractivity contribution in [3.05, 3.63) is 0 Å². The lowest BCUT2D eigenvalue weighted by atomic mass is 10.0. The molecule has 3 nitrogen and oxygen atoms in total. The van der Waals surface area contributed by atoms with Gasteiger partial charge in [0, 0.05) is 25.7 Å². The maximum atomic E-state index is 5.94. The van der Waals surface area contributed by atoms with Crippen LogP contribution in [0.4, 0.5) is 0 Å². The fourth-order valence-electron chi connectivity index (χ4n) is 1.66. The molecule has 1 saturated carbocycles. The molecule has 0 bridgehead atoms. The van der Waals surface area contributed by atoms with Crippen molar-refractivity contribution in [1.82, 2.24) is 5.32 Å². The lowest BCUT2D eigenvalue weighted by Gasteiger charge is -2.14. The molecule has 0 spiro atoms. The number of nitrogens with two attached hydrogens (primary N) is 1. The molecule has 0 amide bonds. The van der Waals surface area contributed by atoms with E-state index in [2.05, 4.69) is 19.2 Å². The molecular formula is C12H26N2O. The summed E-state index contributed by atoms with van der Waals surface area (Å²) in [6, 6.07) is 0.286. The Morgan fingerprint density at radius 1 is 1.40 bits per heavy atom. The van der Waals surface area contributed by atoms with E-state index in [4.69, 9.17) is 10.5 Å². The zero-order valence-corrected chi connectivity index (χ0v) is 10.2. The second kappa shape index (κ2) is 7.20. The lowest BCUT2D eigenvalue weighted by Crippen LogP contribution is -2.36. The largest absolute Gasteiger partial charge is 0.380 e. The topological polar surface area (TPSA) is 47.3 Å². The van der Waals surface area contributed by atoms with Crippen molar-refractivity contribution < 1.29 is 4.74 Å². The van der Waals surface area contributed by atoms with Gasteiger partial charge in [-0.3, -0.25) is 0 Å². The van der Waals surface area contributed by atoms with Gasteiger partial charge in [-0.15, -0.1) is 0 Å². The van der Waals surface area contributed by atoms with Gasteiger partial charge < -0.3 is 15.8 Å². The van der Waals surface area contributed by atoms with Crippen molar-refractivity contribution in [2.75, 3.05) is 26.3 Å². The SMILES string of the molecule is CC(C)CC(N)CNCCOCC1CC1. The molecule has 1 fully saturated rings. The summed E-state index contributed by atoms with van der Waals surface area (Å²) in [5, 5.41) is 3.33. The Labute approximate surface area is 93.8 Å². The van der Waals surface area contributed by atoms with E-state index in [9.17, 15) is 0 Å². The van der Waals surface area contributed by atoms with Gasteiger partial charge in [-0.1, -0.05) is 13.8 Å². The first-order valence-corrected chi connectivity index (χ1v) is 6.22. The minimum absolute atomic E-state index is 0.286. The van der Waals surface area contributed by atoms with Gasteiger partial charge in [-0.2, -0.15) is 0 Å². The Bertz CT molecular complexity index is 158. The summed E-state index contributed by atoms with van der Waals surface area (Å²) in [5.41, 5.74) is 5.94. The molecule has 0 aliphatic heterocycles. The van der Waals surface area contributed by atoms with Crippen LogP contribution in [0.1, 0.15) is 33.1 Å². The van der Waals surface area contributed by atoms with E-state index >= 15 is 0 Å². The van der Waals surface area contributed by atoms with Crippen LogP contribution in [0.15, 0.2) is 0 Å². The Balaban J connectivity index is 1.78. The molecule has 1 aliphatic rings. The summed E-state index contributed by atoms with van der Waals surface area (Å²) in [6.07, 6.45) is 3.83. The van der Waals surface area contributed by atoms with Crippen LogP contribution in [0, 0.1) is 11.8 Å². The third kappa shape index (κ3) is 7.77. The number of ether oxygens (including phenoxy) is 1. The third-order valence-electron chi connectivity index (χ3n) is 2.65. The molecule has 0 aromatic heterocycles. The zero-order valence-electron chi connectivity index (χ0n) is 10.2. The molecule has 0 saturated heterocycles. The van der Waals surface area contributed by atoms with Gasteiger partial charge in [-0.05, 0) is 31.1 Å². The summed E-state index contributed by atoms with van der Waals surface area (Å²) < 4.78 is 5.52. The minimum atomic E-state index is 0.286. The quantitative estimate of drug-likeness (QED) is 0.570. The van der Waals surface area contributed by atoms with E-state index in [1.165, 1.54) is 12.8 Å². The highest BCUT2D eigenvalue weighted by Crippen LogP contribution is 2.28. The Hall–Kier alpha value is -0.120. The summed E-state index contributed by atoms with van der Waals surface area (Å²) in [7, 11) is 0. The van der Waals surface area contributed by atoms with Crippen molar-refractivity contribution in [2.24, 2.45) is 17.6 Å². The van der Waals surface area contributed by atoms with E-state index in [0.717, 1.165) is 38.6 Å². The molecule has 1 rings (SSSR count). The van der Waals surface area contributed by atoms with Crippen LogP contribution in [-0.4, -0.2) is 32.3 Å². The van der Waals surface area contributed by atoms with E-state index in [0.29, 0.717) is 5.92 Å². The molecule has 0 aromatic rings. The maximum Gasteiger partial charge on any atom is 0.0591 e. The maximum absolute atomic E-state index is 5.94. The highest BCUT2D eigenvalue weighted by Gasteiger charge is 2.20. The number of hydrogen-bond donors (Lipinski definition) is 2. The Morgan fingerprint density at radius 2 is 2.13 bits per heavy atom. The fraction of sp³-hybridized carbons (Fsp3) is 1.00. The average molecular weight is 214 g/mol. The second-order valence-electron chi connectivity index (χ2n) is 5.11. The van der Waals surface area contributed by atoms with Crippen molar-refractivity contribution in [3.63, 3.8) is 0 Å². The third-order valence-corrected chi connectivity index (χ3v) is 2.65. The van der Waals surface area contributed by atoms with Crippen LogP contribution in [0.25, 0.3) is 0 Å². The van der Waals surface area contributed by atoms with Gasteiger partial charge in [0.25, 0.3) is 0 Å². The van der Waals surface area contributed by atoms with Crippen molar-refractivity contribution >= 4 is 0 Å². The Morgan fingerprint density at radius 3 is 2.73 bits per heavy atom. The van der Waals surface area contributed by atoms with Gasteiger partial charge >= 0.3 is 0 Å². The summed E-state index contributed by atoms with van der Waals surface area (Å²) in [4.78, 5) is 0. The van der Waals surface area contributed by atoms with E-state index in [-0.39, 0.29) is 6.04 Å². The number of rotatable bonds is 9. The molecule has 3 N–H and O–H groups in total. The van der Waals surface area contributed by atoms with Crippen LogP contribution in [0.2, 0.25) is 0 Å². The molecule has 0 radical (unpaired) electrons. The van der Waals surface area contributed by atoms with Crippen LogP contribution in [0.3, 0.4) is 0 Å². The van der Waals surface area contributed by atoms with Crippen molar-refractivity contribution in [3.8, 4) is 0 Å². The molecule has 0 heterocycles. The number of nitrogens with one attached hydrogen (secondary N) is 1.